The number of carbonyl (C=O) groups excluding carboxylic acids is 4. The van der Waals surface area contributed by atoms with Crippen LogP contribution in [0.3, 0.4) is 0 Å². The Morgan fingerprint density at radius 2 is 1.48 bits per heavy atom. The van der Waals surface area contributed by atoms with Gasteiger partial charge in [0, 0.05) is 38.5 Å². The van der Waals surface area contributed by atoms with Gasteiger partial charge in [0.15, 0.2) is 0 Å². The summed E-state index contributed by atoms with van der Waals surface area (Å²) in [5.74, 6) is -1.87. The van der Waals surface area contributed by atoms with Crippen molar-refractivity contribution in [2.45, 2.75) is 129 Å². The molecule has 0 aliphatic carbocycles. The van der Waals surface area contributed by atoms with Crippen molar-refractivity contribution in [2.75, 3.05) is 19.7 Å². The zero-order valence-electron chi connectivity index (χ0n) is 37.4. The highest BCUT2D eigenvalue weighted by Gasteiger charge is 2.53. The van der Waals surface area contributed by atoms with Gasteiger partial charge in [0.05, 0.1) is 36.9 Å². The molecule has 0 saturated carbocycles. The molecule has 5 N–H and O–H groups in total. The number of benzene rings is 3. The minimum Gasteiger partial charge on any atom is -0.444 e. The molecule has 0 bridgehead atoms. The van der Waals surface area contributed by atoms with E-state index in [1.165, 1.54) is 11.2 Å². The van der Waals surface area contributed by atoms with Crippen molar-refractivity contribution in [3.8, 4) is 0 Å². The molecule has 1 heterocycles. The van der Waals surface area contributed by atoms with E-state index in [1.54, 1.807) is 31.9 Å². The number of imidazole rings is 1. The summed E-state index contributed by atoms with van der Waals surface area (Å²) >= 11 is 0. The molecule has 4 rings (SSSR count). The van der Waals surface area contributed by atoms with Gasteiger partial charge in [0.2, 0.25) is 17.7 Å². The Morgan fingerprint density at radius 1 is 0.871 bits per heavy atom. The number of primary amides is 1. The van der Waals surface area contributed by atoms with E-state index in [-0.39, 0.29) is 57.3 Å². The van der Waals surface area contributed by atoms with Crippen molar-refractivity contribution < 1.29 is 33.8 Å². The number of nitrogens with zero attached hydrogens (tertiary/aromatic N) is 3. The second kappa shape index (κ2) is 24.2. The molecule has 0 radical (unpaired) electrons. The highest BCUT2D eigenvalue weighted by Crippen LogP contribution is 2.35. The molecule has 0 spiro atoms. The van der Waals surface area contributed by atoms with Crippen LogP contribution in [0.1, 0.15) is 96.0 Å². The van der Waals surface area contributed by atoms with Gasteiger partial charge in [-0.3, -0.25) is 14.4 Å². The predicted octanol–water partition coefficient (Wildman–Crippen LogP) is 6.78. The molecule has 3 aromatic carbocycles. The van der Waals surface area contributed by atoms with Gasteiger partial charge in [-0.1, -0.05) is 125 Å². The second-order valence-electron chi connectivity index (χ2n) is 17.5. The first-order valence-corrected chi connectivity index (χ1v) is 21.9. The quantitative estimate of drug-likeness (QED) is 0.0527. The molecule has 62 heavy (non-hydrogen) atoms. The fourth-order valence-corrected chi connectivity index (χ4v) is 7.82. The Hall–Kier alpha value is -5.53. The topological polar surface area (TPSA) is 180 Å². The number of aliphatic hydroxyl groups is 1. The van der Waals surface area contributed by atoms with Crippen LogP contribution in [-0.4, -0.2) is 97.7 Å². The fraction of sp³-hybridized carbons (Fsp3) is 0.490. The molecule has 4 aromatic rings. The second-order valence-corrected chi connectivity index (χ2v) is 17.5. The Kier molecular flexibility index (Phi) is 19.2. The molecule has 0 fully saturated rings. The van der Waals surface area contributed by atoms with Crippen LogP contribution in [0.25, 0.3) is 0 Å². The van der Waals surface area contributed by atoms with E-state index in [9.17, 15) is 19.5 Å². The van der Waals surface area contributed by atoms with Crippen LogP contribution in [0.5, 0.6) is 0 Å². The number of unbranched alkanes of at least 4 members (excludes halogenated alkanes) is 2. The number of alkyl carbamates (subject to hydrolysis) is 1. The van der Waals surface area contributed by atoms with Gasteiger partial charge in [-0.15, -0.1) is 0 Å². The van der Waals surface area contributed by atoms with Gasteiger partial charge in [-0.25, -0.2) is 9.78 Å². The maximum Gasteiger partial charge on any atom is 0.408 e. The number of aryl methyl sites for hydroxylation is 1. The maximum atomic E-state index is 15.9. The number of carbonyl (C=O) groups is 4. The van der Waals surface area contributed by atoms with E-state index in [1.807, 2.05) is 105 Å². The lowest BCUT2D eigenvalue weighted by atomic mass is 9.79. The number of amides is 4. The molecule has 1 aromatic heterocycles. The van der Waals surface area contributed by atoms with E-state index in [0.29, 0.717) is 25.1 Å². The highest BCUT2D eigenvalue weighted by atomic mass is 16.6. The summed E-state index contributed by atoms with van der Waals surface area (Å²) in [4.78, 5) is 68.1. The molecular formula is C49H68N6O7. The van der Waals surface area contributed by atoms with Crippen molar-refractivity contribution in [2.24, 2.45) is 11.7 Å². The van der Waals surface area contributed by atoms with Crippen molar-refractivity contribution in [3.63, 3.8) is 0 Å². The monoisotopic (exact) mass is 853 g/mol. The molecule has 0 aliphatic rings. The number of nitrogens with one attached hydrogen (secondary N) is 2. The Labute approximate surface area is 367 Å². The third-order valence-electron chi connectivity index (χ3n) is 10.7. The largest absolute Gasteiger partial charge is 0.444 e. The summed E-state index contributed by atoms with van der Waals surface area (Å²) in [7, 11) is 0. The standard InChI is InChI=1S/C49H68N6O7/c1-7-8-18-27-54(44(57)26-25-37-19-12-9-13-20-37)32-43(56)49(30-36(2)3,34-61-33-39-23-16-11-17-24-39)55(42(45(50)58)29-40-31-51-35-52-40)46(59)41(28-38-21-14-10-15-22-38)53-47(60)62-48(4,5)6/h9-17,19-24,31,35-36,41-43,56H,7-8,18,25-30,32-34H2,1-6H3,(H2,50,58)(H,51,52)(H,53,60)/t41-,42-,43-,49?/m0/s1. The third-order valence-corrected chi connectivity index (χ3v) is 10.7. The van der Waals surface area contributed by atoms with Crippen LogP contribution in [0.2, 0.25) is 0 Å². The smallest absolute Gasteiger partial charge is 0.408 e. The van der Waals surface area contributed by atoms with Crippen LogP contribution in [0, 0.1) is 5.92 Å². The fourth-order valence-electron chi connectivity index (χ4n) is 7.82. The van der Waals surface area contributed by atoms with E-state index >= 15 is 4.79 Å². The molecule has 13 heteroatoms. The van der Waals surface area contributed by atoms with Gasteiger partial charge in [0.25, 0.3) is 0 Å². The molecule has 4 atom stereocenters. The highest BCUT2D eigenvalue weighted by molar-refractivity contribution is 5.92. The number of ether oxygens (including phenoxy) is 2. The molecule has 1 unspecified atom stereocenters. The molecular weight excluding hydrogens is 785 g/mol. The molecule has 4 amide bonds. The number of hydrogen-bond acceptors (Lipinski definition) is 8. The van der Waals surface area contributed by atoms with Gasteiger partial charge in [-0.2, -0.15) is 0 Å². The zero-order valence-corrected chi connectivity index (χ0v) is 37.4. The average molecular weight is 853 g/mol. The molecule has 336 valence electrons. The van der Waals surface area contributed by atoms with Crippen molar-refractivity contribution in [1.29, 1.82) is 0 Å². The SMILES string of the molecule is CCCCCN(C[C@H](O)C(COCc1ccccc1)(CC(C)C)N(C(=O)[C@H](Cc1ccccc1)NC(=O)OC(C)(C)C)[C@@H](Cc1c[nH]cn1)C(N)=O)C(=O)CCc1ccccc1. The van der Waals surface area contributed by atoms with Crippen molar-refractivity contribution in [3.05, 3.63) is 126 Å². The Bertz CT molecular complexity index is 1940. The number of aliphatic hydroxyl groups excluding tert-OH is 1. The lowest BCUT2D eigenvalue weighted by Crippen LogP contribution is -2.71. The summed E-state index contributed by atoms with van der Waals surface area (Å²) in [5.41, 5.74) is 6.79. The summed E-state index contributed by atoms with van der Waals surface area (Å²) in [5, 5.41) is 15.9. The lowest BCUT2D eigenvalue weighted by Gasteiger charge is -2.51. The zero-order chi connectivity index (χ0) is 45.1. The average Bonchev–Trinajstić information content (AvgIpc) is 3.75. The van der Waals surface area contributed by atoms with Crippen molar-refractivity contribution >= 4 is 23.8 Å². The lowest BCUT2D eigenvalue weighted by molar-refractivity contribution is -0.168. The number of aromatic nitrogens is 2. The Morgan fingerprint density at radius 3 is 2.03 bits per heavy atom. The van der Waals surface area contributed by atoms with Gasteiger partial charge in [-0.05, 0) is 62.6 Å². The molecule has 13 nitrogen and oxygen atoms in total. The van der Waals surface area contributed by atoms with E-state index in [2.05, 4.69) is 22.2 Å². The van der Waals surface area contributed by atoms with Crippen LogP contribution in [-0.2, 0) is 49.7 Å². The predicted molar refractivity (Wildman–Crippen MR) is 241 cm³/mol. The normalized spacial score (nSPS) is 14.0. The van der Waals surface area contributed by atoms with Gasteiger partial charge < -0.3 is 40.4 Å². The number of H-pyrrole nitrogens is 1. The minimum absolute atomic E-state index is 0.0170. The first-order chi connectivity index (χ1) is 29.6. The molecule has 0 saturated heterocycles. The first kappa shape index (κ1) is 49.1. The first-order valence-electron chi connectivity index (χ1n) is 21.9. The van der Waals surface area contributed by atoms with Crippen LogP contribution < -0.4 is 11.1 Å². The summed E-state index contributed by atoms with van der Waals surface area (Å²) in [6, 6.07) is 25.8. The minimum atomic E-state index is -1.69. The van der Waals surface area contributed by atoms with E-state index in [4.69, 9.17) is 15.2 Å². The van der Waals surface area contributed by atoms with Gasteiger partial charge >= 0.3 is 6.09 Å². The summed E-state index contributed by atoms with van der Waals surface area (Å²) in [6.07, 6.45) is 4.01. The van der Waals surface area contributed by atoms with Gasteiger partial charge in [0.1, 0.15) is 17.7 Å². The number of hydrogen-bond donors (Lipinski definition) is 4. The summed E-state index contributed by atoms with van der Waals surface area (Å²) < 4.78 is 12.2. The number of rotatable bonds is 25. The number of nitrogens with two attached hydrogens (primary N) is 1. The van der Waals surface area contributed by atoms with E-state index < -0.39 is 47.2 Å². The van der Waals surface area contributed by atoms with E-state index in [0.717, 1.165) is 29.5 Å². The molecule has 0 aliphatic heterocycles. The van der Waals surface area contributed by atoms with Crippen LogP contribution in [0.15, 0.2) is 104 Å². The van der Waals surface area contributed by atoms with Crippen LogP contribution in [0.4, 0.5) is 4.79 Å². The number of aromatic amines is 1. The summed E-state index contributed by atoms with van der Waals surface area (Å²) in [6.45, 7) is 11.2. The Balaban J connectivity index is 1.93. The van der Waals surface area contributed by atoms with Crippen molar-refractivity contribution in [1.82, 2.24) is 25.1 Å². The van der Waals surface area contributed by atoms with Crippen LogP contribution >= 0.6 is 0 Å². The third kappa shape index (κ3) is 15.4. The maximum absolute atomic E-state index is 15.9.